The third-order valence-corrected chi connectivity index (χ3v) is 3.93. The van der Waals surface area contributed by atoms with Crippen LogP contribution in [0.2, 0.25) is 0 Å². The van der Waals surface area contributed by atoms with Crippen molar-refractivity contribution in [2.45, 2.75) is 59.5 Å². The Hall–Kier alpha value is -0.860. The van der Waals surface area contributed by atoms with Gasteiger partial charge in [0, 0.05) is 18.6 Å². The van der Waals surface area contributed by atoms with Crippen LogP contribution in [0.5, 0.6) is 0 Å². The van der Waals surface area contributed by atoms with E-state index in [-0.39, 0.29) is 5.54 Å². The molecule has 0 aromatic heterocycles. The first-order valence-corrected chi connectivity index (χ1v) is 8.32. The van der Waals surface area contributed by atoms with Crippen molar-refractivity contribution < 1.29 is 0 Å². The highest BCUT2D eigenvalue weighted by atomic mass is 15.1. The van der Waals surface area contributed by atoms with Crippen LogP contribution < -0.4 is 5.32 Å². The summed E-state index contributed by atoms with van der Waals surface area (Å²) in [6.07, 6.45) is 2.35. The minimum atomic E-state index is 0.197. The molecule has 21 heavy (non-hydrogen) atoms. The molecule has 0 aliphatic heterocycles. The first-order valence-electron chi connectivity index (χ1n) is 8.32. The maximum absolute atomic E-state index is 3.58. The Morgan fingerprint density at radius 3 is 2.33 bits per heavy atom. The van der Waals surface area contributed by atoms with Crippen LogP contribution in [0.25, 0.3) is 0 Å². The highest BCUT2D eigenvalue weighted by Crippen LogP contribution is 2.13. The highest BCUT2D eigenvalue weighted by molar-refractivity contribution is 5.27. The highest BCUT2D eigenvalue weighted by Gasteiger charge is 2.10. The minimum Gasteiger partial charge on any atom is -0.312 e. The lowest BCUT2D eigenvalue weighted by Gasteiger charge is -2.23. The molecule has 0 radical (unpaired) electrons. The lowest BCUT2D eigenvalue weighted by molar-refractivity contribution is 0.274. The maximum atomic E-state index is 3.58. The molecule has 2 nitrogen and oxygen atoms in total. The summed E-state index contributed by atoms with van der Waals surface area (Å²) in [5.74, 6) is 0.768. The van der Waals surface area contributed by atoms with E-state index >= 15 is 0 Å². The van der Waals surface area contributed by atoms with Gasteiger partial charge in [-0.25, -0.2) is 0 Å². The molecule has 1 aromatic carbocycles. The molecule has 2 heteroatoms. The summed E-state index contributed by atoms with van der Waals surface area (Å²) in [7, 11) is 2.23. The summed E-state index contributed by atoms with van der Waals surface area (Å²) in [4.78, 5) is 2.45. The second-order valence-electron chi connectivity index (χ2n) is 7.41. The fourth-order valence-corrected chi connectivity index (χ4v) is 2.54. The Labute approximate surface area is 131 Å². The zero-order valence-corrected chi connectivity index (χ0v) is 14.9. The summed E-state index contributed by atoms with van der Waals surface area (Å²) in [5.41, 5.74) is 3.15. The van der Waals surface area contributed by atoms with E-state index in [9.17, 15) is 0 Å². The second kappa shape index (κ2) is 8.55. The molecular formula is C19H34N2. The lowest BCUT2D eigenvalue weighted by atomic mass is 10.0. The first-order chi connectivity index (χ1) is 9.81. The van der Waals surface area contributed by atoms with Gasteiger partial charge in [0.1, 0.15) is 0 Å². The van der Waals surface area contributed by atoms with Crippen LogP contribution in [0.4, 0.5) is 0 Å². The topological polar surface area (TPSA) is 15.3 Å². The van der Waals surface area contributed by atoms with Gasteiger partial charge in [-0.1, -0.05) is 44.5 Å². The van der Waals surface area contributed by atoms with Crippen molar-refractivity contribution in [2.24, 2.45) is 5.92 Å². The maximum Gasteiger partial charge on any atom is 0.0233 e. The van der Waals surface area contributed by atoms with Crippen LogP contribution in [-0.2, 0) is 13.0 Å². The molecule has 0 bridgehead atoms. The van der Waals surface area contributed by atoms with E-state index in [1.807, 2.05) is 0 Å². The van der Waals surface area contributed by atoms with Gasteiger partial charge in [0.05, 0.1) is 0 Å². The first kappa shape index (κ1) is 18.2. The SMILES string of the molecule is CCC(C)CN(C)Cc1ccccc1CCNC(C)(C)C. The molecule has 0 aliphatic rings. The van der Waals surface area contributed by atoms with Gasteiger partial charge in [-0.2, -0.15) is 0 Å². The van der Waals surface area contributed by atoms with Gasteiger partial charge in [-0.3, -0.25) is 0 Å². The van der Waals surface area contributed by atoms with E-state index in [2.05, 4.69) is 76.1 Å². The van der Waals surface area contributed by atoms with Gasteiger partial charge in [0.25, 0.3) is 0 Å². The van der Waals surface area contributed by atoms with Gasteiger partial charge in [0.2, 0.25) is 0 Å². The summed E-state index contributed by atoms with van der Waals surface area (Å²) in [6, 6.07) is 8.87. The van der Waals surface area contributed by atoms with Crippen LogP contribution in [-0.4, -0.2) is 30.6 Å². The number of benzene rings is 1. The van der Waals surface area contributed by atoms with Gasteiger partial charge >= 0.3 is 0 Å². The van der Waals surface area contributed by atoms with Crippen LogP contribution in [0.1, 0.15) is 52.2 Å². The van der Waals surface area contributed by atoms with E-state index in [4.69, 9.17) is 0 Å². The average molecular weight is 290 g/mol. The van der Waals surface area contributed by atoms with Crippen LogP contribution >= 0.6 is 0 Å². The van der Waals surface area contributed by atoms with Gasteiger partial charge < -0.3 is 10.2 Å². The summed E-state index contributed by atoms with van der Waals surface area (Å²) in [6.45, 7) is 14.5. The molecule has 1 rings (SSSR count). The summed E-state index contributed by atoms with van der Waals surface area (Å²) in [5, 5.41) is 3.58. The third kappa shape index (κ3) is 7.63. The number of hydrogen-bond donors (Lipinski definition) is 1. The number of hydrogen-bond acceptors (Lipinski definition) is 2. The predicted octanol–water partition coefficient (Wildman–Crippen LogP) is 4.10. The molecule has 0 heterocycles. The minimum absolute atomic E-state index is 0.197. The van der Waals surface area contributed by atoms with E-state index in [0.717, 1.165) is 25.4 Å². The monoisotopic (exact) mass is 290 g/mol. The third-order valence-electron chi connectivity index (χ3n) is 3.93. The predicted molar refractivity (Wildman–Crippen MR) is 93.7 cm³/mol. The average Bonchev–Trinajstić information content (AvgIpc) is 2.39. The van der Waals surface area contributed by atoms with Crippen LogP contribution in [0.3, 0.4) is 0 Å². The van der Waals surface area contributed by atoms with E-state index < -0.39 is 0 Å². The largest absolute Gasteiger partial charge is 0.312 e. The number of rotatable bonds is 8. The quantitative estimate of drug-likeness (QED) is 0.775. The van der Waals surface area contributed by atoms with E-state index in [1.54, 1.807) is 0 Å². The molecule has 0 saturated carbocycles. The Balaban J connectivity index is 2.58. The van der Waals surface area contributed by atoms with Crippen molar-refractivity contribution in [1.29, 1.82) is 0 Å². The zero-order chi connectivity index (χ0) is 15.9. The van der Waals surface area contributed by atoms with Crippen molar-refractivity contribution in [3.8, 4) is 0 Å². The molecular weight excluding hydrogens is 256 g/mol. The Kier molecular flexibility index (Phi) is 7.41. The summed E-state index contributed by atoms with van der Waals surface area (Å²) < 4.78 is 0. The lowest BCUT2D eigenvalue weighted by Crippen LogP contribution is -2.37. The van der Waals surface area contributed by atoms with E-state index in [1.165, 1.54) is 24.1 Å². The molecule has 0 amide bonds. The Bertz CT molecular complexity index is 406. The zero-order valence-electron chi connectivity index (χ0n) is 14.9. The normalized spacial score (nSPS) is 13.7. The molecule has 120 valence electrons. The Morgan fingerprint density at radius 1 is 1.14 bits per heavy atom. The van der Waals surface area contributed by atoms with Crippen molar-refractivity contribution in [2.75, 3.05) is 20.1 Å². The standard InChI is InChI=1S/C19H34N2/c1-7-16(2)14-21(6)15-18-11-9-8-10-17(18)12-13-20-19(3,4)5/h8-11,16,20H,7,12-15H2,1-6H3. The Morgan fingerprint density at radius 2 is 1.76 bits per heavy atom. The van der Waals surface area contributed by atoms with Crippen molar-refractivity contribution in [3.63, 3.8) is 0 Å². The molecule has 1 aromatic rings. The fourth-order valence-electron chi connectivity index (χ4n) is 2.54. The fraction of sp³-hybridized carbons (Fsp3) is 0.684. The molecule has 0 fully saturated rings. The van der Waals surface area contributed by atoms with Crippen molar-refractivity contribution >= 4 is 0 Å². The van der Waals surface area contributed by atoms with Gasteiger partial charge in [0.15, 0.2) is 0 Å². The second-order valence-corrected chi connectivity index (χ2v) is 7.41. The number of nitrogens with one attached hydrogen (secondary N) is 1. The van der Waals surface area contributed by atoms with Gasteiger partial charge in [-0.05, 0) is 57.8 Å². The molecule has 0 saturated heterocycles. The molecule has 1 unspecified atom stereocenters. The van der Waals surface area contributed by atoms with Crippen molar-refractivity contribution in [1.82, 2.24) is 10.2 Å². The van der Waals surface area contributed by atoms with E-state index in [0.29, 0.717) is 0 Å². The smallest absolute Gasteiger partial charge is 0.0233 e. The van der Waals surface area contributed by atoms with Crippen molar-refractivity contribution in [3.05, 3.63) is 35.4 Å². The van der Waals surface area contributed by atoms with Crippen LogP contribution in [0.15, 0.2) is 24.3 Å². The molecule has 1 atom stereocenters. The molecule has 1 N–H and O–H groups in total. The summed E-state index contributed by atoms with van der Waals surface area (Å²) >= 11 is 0. The number of nitrogens with zero attached hydrogens (tertiary/aromatic N) is 1. The molecule has 0 spiro atoms. The van der Waals surface area contributed by atoms with Gasteiger partial charge in [-0.15, -0.1) is 0 Å². The molecule has 0 aliphatic carbocycles. The van der Waals surface area contributed by atoms with Crippen LogP contribution in [0, 0.1) is 5.92 Å².